The molecule has 90 valence electrons. The SMILES string of the molecule is OCCC#Cc1ccc(COC2CCC2)cc1. The van der Waals surface area contributed by atoms with Gasteiger partial charge in [0.25, 0.3) is 0 Å². The number of rotatable bonds is 4. The molecule has 0 heterocycles. The van der Waals surface area contributed by atoms with Gasteiger partial charge >= 0.3 is 0 Å². The van der Waals surface area contributed by atoms with Crippen LogP contribution in [0.15, 0.2) is 24.3 Å². The topological polar surface area (TPSA) is 29.5 Å². The lowest BCUT2D eigenvalue weighted by atomic mass is 9.96. The molecule has 1 N–H and O–H groups in total. The molecule has 1 aliphatic carbocycles. The second-order valence-corrected chi connectivity index (χ2v) is 4.34. The average molecular weight is 230 g/mol. The molecule has 1 aromatic rings. The Morgan fingerprint density at radius 1 is 1.24 bits per heavy atom. The smallest absolute Gasteiger partial charge is 0.0720 e. The molecule has 0 aromatic heterocycles. The van der Waals surface area contributed by atoms with E-state index in [0.29, 0.717) is 19.1 Å². The first-order valence-electron chi connectivity index (χ1n) is 6.19. The van der Waals surface area contributed by atoms with Gasteiger partial charge in [-0.2, -0.15) is 0 Å². The van der Waals surface area contributed by atoms with Crippen molar-refractivity contribution in [1.82, 2.24) is 0 Å². The summed E-state index contributed by atoms with van der Waals surface area (Å²) in [7, 11) is 0. The van der Waals surface area contributed by atoms with Crippen LogP contribution in [-0.4, -0.2) is 17.8 Å². The lowest BCUT2D eigenvalue weighted by Gasteiger charge is -2.25. The van der Waals surface area contributed by atoms with Gasteiger partial charge in [0.2, 0.25) is 0 Å². The van der Waals surface area contributed by atoms with Crippen LogP contribution in [-0.2, 0) is 11.3 Å². The quantitative estimate of drug-likeness (QED) is 0.805. The summed E-state index contributed by atoms with van der Waals surface area (Å²) in [5.74, 6) is 5.92. The number of hydrogen-bond donors (Lipinski definition) is 1. The monoisotopic (exact) mass is 230 g/mol. The molecule has 0 saturated heterocycles. The van der Waals surface area contributed by atoms with Gasteiger partial charge in [0, 0.05) is 12.0 Å². The molecule has 0 bridgehead atoms. The Kier molecular flexibility index (Phi) is 4.61. The van der Waals surface area contributed by atoms with Crippen LogP contribution in [0.5, 0.6) is 0 Å². The summed E-state index contributed by atoms with van der Waals surface area (Å²) in [6, 6.07) is 8.12. The van der Waals surface area contributed by atoms with E-state index in [4.69, 9.17) is 9.84 Å². The van der Waals surface area contributed by atoms with Crippen LogP contribution in [0.25, 0.3) is 0 Å². The Balaban J connectivity index is 1.82. The van der Waals surface area contributed by atoms with Gasteiger partial charge in [-0.05, 0) is 37.0 Å². The molecule has 17 heavy (non-hydrogen) atoms. The van der Waals surface area contributed by atoms with Crippen LogP contribution < -0.4 is 0 Å². The summed E-state index contributed by atoms with van der Waals surface area (Å²) in [4.78, 5) is 0. The van der Waals surface area contributed by atoms with Crippen LogP contribution in [0.1, 0.15) is 36.8 Å². The molecule has 1 fully saturated rings. The van der Waals surface area contributed by atoms with Gasteiger partial charge in [-0.3, -0.25) is 0 Å². The molecule has 1 saturated carbocycles. The van der Waals surface area contributed by atoms with E-state index in [9.17, 15) is 0 Å². The highest BCUT2D eigenvalue weighted by Gasteiger charge is 2.17. The van der Waals surface area contributed by atoms with Gasteiger partial charge in [0.05, 0.1) is 19.3 Å². The predicted octanol–water partition coefficient (Wildman–Crippen LogP) is 2.49. The van der Waals surface area contributed by atoms with E-state index in [1.165, 1.54) is 24.8 Å². The fourth-order valence-electron chi connectivity index (χ4n) is 1.66. The maximum atomic E-state index is 8.62. The third-order valence-corrected chi connectivity index (χ3v) is 2.96. The predicted molar refractivity (Wildman–Crippen MR) is 67.5 cm³/mol. The largest absolute Gasteiger partial charge is 0.395 e. The van der Waals surface area contributed by atoms with Gasteiger partial charge in [0.15, 0.2) is 0 Å². The van der Waals surface area contributed by atoms with Crippen molar-refractivity contribution in [3.8, 4) is 11.8 Å². The first-order chi connectivity index (χ1) is 8.38. The molecular formula is C15H18O2. The van der Waals surface area contributed by atoms with E-state index in [0.717, 1.165) is 5.56 Å². The fraction of sp³-hybridized carbons (Fsp3) is 0.467. The van der Waals surface area contributed by atoms with Gasteiger partial charge < -0.3 is 9.84 Å². The third-order valence-electron chi connectivity index (χ3n) is 2.96. The van der Waals surface area contributed by atoms with Crippen LogP contribution in [0.4, 0.5) is 0 Å². The maximum absolute atomic E-state index is 8.62. The maximum Gasteiger partial charge on any atom is 0.0720 e. The van der Waals surface area contributed by atoms with Crippen LogP contribution >= 0.6 is 0 Å². The average Bonchev–Trinajstić information content (AvgIpc) is 2.29. The minimum atomic E-state index is 0.125. The standard InChI is InChI=1S/C15H18O2/c16-11-2-1-4-13-7-9-14(10-8-13)12-17-15-5-3-6-15/h7-10,15-16H,2-3,5-6,11-12H2. The normalized spacial score (nSPS) is 14.9. The highest BCUT2D eigenvalue weighted by Crippen LogP contribution is 2.23. The minimum Gasteiger partial charge on any atom is -0.395 e. The van der Waals surface area contributed by atoms with Crippen molar-refractivity contribution in [2.24, 2.45) is 0 Å². The minimum absolute atomic E-state index is 0.125. The third kappa shape index (κ3) is 3.89. The number of ether oxygens (including phenoxy) is 1. The van der Waals surface area contributed by atoms with E-state index >= 15 is 0 Å². The Bertz CT molecular complexity index is 393. The van der Waals surface area contributed by atoms with Crippen molar-refractivity contribution in [3.63, 3.8) is 0 Å². The molecule has 0 unspecified atom stereocenters. The molecule has 0 spiro atoms. The molecule has 2 nitrogen and oxygen atoms in total. The molecule has 0 atom stereocenters. The first kappa shape index (κ1) is 12.2. The van der Waals surface area contributed by atoms with E-state index in [-0.39, 0.29) is 6.61 Å². The van der Waals surface area contributed by atoms with Crippen molar-refractivity contribution in [2.75, 3.05) is 6.61 Å². The van der Waals surface area contributed by atoms with Gasteiger partial charge in [-0.15, -0.1) is 0 Å². The molecule has 0 aliphatic heterocycles. The van der Waals surface area contributed by atoms with Gasteiger partial charge in [-0.1, -0.05) is 24.0 Å². The molecule has 1 aromatic carbocycles. The van der Waals surface area contributed by atoms with Crippen molar-refractivity contribution in [3.05, 3.63) is 35.4 Å². The summed E-state index contributed by atoms with van der Waals surface area (Å²) in [6.45, 7) is 0.829. The molecule has 2 rings (SSSR count). The first-order valence-corrected chi connectivity index (χ1v) is 6.19. The summed E-state index contributed by atoms with van der Waals surface area (Å²) >= 11 is 0. The Morgan fingerprint density at radius 2 is 2.00 bits per heavy atom. The number of hydrogen-bond acceptors (Lipinski definition) is 2. The van der Waals surface area contributed by atoms with E-state index in [2.05, 4.69) is 24.0 Å². The molecule has 0 amide bonds. The number of aliphatic hydroxyl groups is 1. The summed E-state index contributed by atoms with van der Waals surface area (Å²) in [5.41, 5.74) is 2.19. The highest BCUT2D eigenvalue weighted by atomic mass is 16.5. The Labute approximate surface area is 103 Å². The summed E-state index contributed by atoms with van der Waals surface area (Å²) in [6.07, 6.45) is 4.76. The molecule has 2 heteroatoms. The van der Waals surface area contributed by atoms with Crippen molar-refractivity contribution in [1.29, 1.82) is 0 Å². The molecule has 1 aliphatic rings. The fourth-order valence-corrected chi connectivity index (χ4v) is 1.66. The second-order valence-electron chi connectivity index (χ2n) is 4.34. The van der Waals surface area contributed by atoms with Crippen LogP contribution in [0.2, 0.25) is 0 Å². The zero-order valence-electron chi connectivity index (χ0n) is 9.98. The van der Waals surface area contributed by atoms with Crippen LogP contribution in [0, 0.1) is 11.8 Å². The zero-order valence-corrected chi connectivity index (χ0v) is 9.98. The van der Waals surface area contributed by atoms with E-state index in [1.807, 2.05) is 12.1 Å². The Hall–Kier alpha value is -1.30. The second kappa shape index (κ2) is 6.44. The molecule has 0 radical (unpaired) electrons. The van der Waals surface area contributed by atoms with Crippen molar-refractivity contribution in [2.45, 2.75) is 38.4 Å². The zero-order chi connectivity index (χ0) is 11.9. The van der Waals surface area contributed by atoms with Crippen molar-refractivity contribution >= 4 is 0 Å². The highest BCUT2D eigenvalue weighted by molar-refractivity contribution is 5.35. The number of aliphatic hydroxyl groups excluding tert-OH is 1. The Morgan fingerprint density at radius 3 is 2.59 bits per heavy atom. The van der Waals surface area contributed by atoms with Crippen LogP contribution in [0.3, 0.4) is 0 Å². The summed E-state index contributed by atoms with van der Waals surface area (Å²) < 4.78 is 5.73. The van der Waals surface area contributed by atoms with E-state index in [1.54, 1.807) is 0 Å². The molecular weight excluding hydrogens is 212 g/mol. The van der Waals surface area contributed by atoms with E-state index < -0.39 is 0 Å². The van der Waals surface area contributed by atoms with Gasteiger partial charge in [0.1, 0.15) is 0 Å². The lowest BCUT2D eigenvalue weighted by molar-refractivity contribution is -0.00866. The van der Waals surface area contributed by atoms with Crippen molar-refractivity contribution < 1.29 is 9.84 Å². The summed E-state index contributed by atoms with van der Waals surface area (Å²) in [5, 5.41) is 8.62. The lowest BCUT2D eigenvalue weighted by Crippen LogP contribution is -2.21. The van der Waals surface area contributed by atoms with Gasteiger partial charge in [-0.25, -0.2) is 0 Å². The number of benzene rings is 1.